The molecule has 2 heterocycles. The topological polar surface area (TPSA) is 56.7 Å². The lowest BCUT2D eigenvalue weighted by Gasteiger charge is -2.12. The summed E-state index contributed by atoms with van der Waals surface area (Å²) in [6.45, 7) is 7.27. The predicted molar refractivity (Wildman–Crippen MR) is 100 cm³/mol. The van der Waals surface area contributed by atoms with Crippen LogP contribution in [0.2, 0.25) is 0 Å². The maximum absolute atomic E-state index is 6.16. The van der Waals surface area contributed by atoms with Gasteiger partial charge in [0.1, 0.15) is 11.3 Å². The summed E-state index contributed by atoms with van der Waals surface area (Å²) in [5.74, 6) is 1.68. The highest BCUT2D eigenvalue weighted by Gasteiger charge is 2.17. The zero-order valence-corrected chi connectivity index (χ0v) is 14.8. The highest BCUT2D eigenvalue weighted by Crippen LogP contribution is 2.27. The van der Waals surface area contributed by atoms with Gasteiger partial charge < -0.3 is 10.3 Å². The standard InChI is InChI=1S/C20H26N4/c1-4-5-11-17-23-18-19(14(2)15(3)22-20(18)21)24(17)13-12-16-9-7-6-8-10-16/h6-10H,4-5,11-13H2,1-3H3,(H2,21,22). The van der Waals surface area contributed by atoms with Crippen molar-refractivity contribution in [1.29, 1.82) is 0 Å². The van der Waals surface area contributed by atoms with Crippen molar-refractivity contribution < 1.29 is 0 Å². The zero-order chi connectivity index (χ0) is 17.1. The van der Waals surface area contributed by atoms with E-state index in [4.69, 9.17) is 10.7 Å². The number of benzene rings is 1. The lowest BCUT2D eigenvalue weighted by Crippen LogP contribution is -2.08. The number of rotatable bonds is 6. The van der Waals surface area contributed by atoms with Crippen molar-refractivity contribution in [2.24, 2.45) is 0 Å². The quantitative estimate of drug-likeness (QED) is 0.739. The average Bonchev–Trinajstić information content (AvgIpc) is 2.96. The zero-order valence-electron chi connectivity index (χ0n) is 14.8. The van der Waals surface area contributed by atoms with E-state index in [1.54, 1.807) is 0 Å². The molecule has 0 aliphatic heterocycles. The third-order valence-electron chi connectivity index (χ3n) is 4.70. The van der Waals surface area contributed by atoms with Gasteiger partial charge in [-0.2, -0.15) is 0 Å². The van der Waals surface area contributed by atoms with Crippen LogP contribution in [0, 0.1) is 13.8 Å². The first-order valence-electron chi connectivity index (χ1n) is 8.77. The van der Waals surface area contributed by atoms with E-state index in [1.807, 2.05) is 6.92 Å². The van der Waals surface area contributed by atoms with Gasteiger partial charge in [-0.05, 0) is 37.8 Å². The van der Waals surface area contributed by atoms with Crippen LogP contribution in [0.25, 0.3) is 11.0 Å². The molecular weight excluding hydrogens is 296 g/mol. The molecule has 0 bridgehead atoms. The molecule has 0 radical (unpaired) electrons. The van der Waals surface area contributed by atoms with Crippen LogP contribution in [0.5, 0.6) is 0 Å². The Morgan fingerprint density at radius 2 is 1.79 bits per heavy atom. The summed E-state index contributed by atoms with van der Waals surface area (Å²) in [7, 11) is 0. The van der Waals surface area contributed by atoms with E-state index in [9.17, 15) is 0 Å². The van der Waals surface area contributed by atoms with Gasteiger partial charge in [0.2, 0.25) is 0 Å². The number of nitrogens with zero attached hydrogens (tertiary/aromatic N) is 3. The van der Waals surface area contributed by atoms with Crippen molar-refractivity contribution in [2.45, 2.75) is 53.0 Å². The fraction of sp³-hybridized carbons (Fsp3) is 0.400. The summed E-state index contributed by atoms with van der Waals surface area (Å²) in [5, 5.41) is 0. The molecule has 0 spiro atoms. The summed E-state index contributed by atoms with van der Waals surface area (Å²) < 4.78 is 2.36. The number of fused-ring (bicyclic) bond motifs is 1. The molecule has 0 unspecified atom stereocenters. The van der Waals surface area contributed by atoms with E-state index in [0.29, 0.717) is 5.82 Å². The van der Waals surface area contributed by atoms with Gasteiger partial charge in [-0.1, -0.05) is 43.7 Å². The molecule has 126 valence electrons. The third-order valence-corrected chi connectivity index (χ3v) is 4.70. The molecule has 0 aliphatic carbocycles. The second-order valence-electron chi connectivity index (χ2n) is 6.42. The maximum atomic E-state index is 6.16. The number of aryl methyl sites for hydroxylation is 5. The number of nitrogen functional groups attached to an aromatic ring is 1. The average molecular weight is 322 g/mol. The van der Waals surface area contributed by atoms with Crippen molar-refractivity contribution in [1.82, 2.24) is 14.5 Å². The van der Waals surface area contributed by atoms with Gasteiger partial charge in [0.05, 0.1) is 5.52 Å². The molecule has 0 saturated heterocycles. The SMILES string of the molecule is CCCCc1nc2c(N)nc(C)c(C)c2n1CCc1ccccc1. The smallest absolute Gasteiger partial charge is 0.151 e. The molecule has 0 amide bonds. The Labute approximate surface area is 143 Å². The molecule has 3 rings (SSSR count). The lowest BCUT2D eigenvalue weighted by atomic mass is 10.1. The molecule has 4 heteroatoms. The van der Waals surface area contributed by atoms with Crippen LogP contribution in [0.4, 0.5) is 5.82 Å². The summed E-state index contributed by atoms with van der Waals surface area (Å²) in [4.78, 5) is 9.30. The van der Waals surface area contributed by atoms with Crippen molar-refractivity contribution in [3.05, 3.63) is 53.0 Å². The second kappa shape index (κ2) is 7.04. The third kappa shape index (κ3) is 3.14. The largest absolute Gasteiger partial charge is 0.382 e. The Hall–Kier alpha value is -2.36. The predicted octanol–water partition coefficient (Wildman–Crippen LogP) is 4.22. The summed E-state index contributed by atoms with van der Waals surface area (Å²) in [6, 6.07) is 10.6. The van der Waals surface area contributed by atoms with Crippen molar-refractivity contribution in [2.75, 3.05) is 5.73 Å². The molecule has 4 nitrogen and oxygen atoms in total. The normalized spacial score (nSPS) is 11.3. The van der Waals surface area contributed by atoms with Crippen LogP contribution in [0.3, 0.4) is 0 Å². The molecule has 2 N–H and O–H groups in total. The van der Waals surface area contributed by atoms with Gasteiger partial charge in [0.25, 0.3) is 0 Å². The molecule has 1 aromatic carbocycles. The fourth-order valence-electron chi connectivity index (χ4n) is 3.20. The Morgan fingerprint density at radius 3 is 2.50 bits per heavy atom. The van der Waals surface area contributed by atoms with Crippen LogP contribution >= 0.6 is 0 Å². The van der Waals surface area contributed by atoms with Crippen LogP contribution in [-0.2, 0) is 19.4 Å². The second-order valence-corrected chi connectivity index (χ2v) is 6.42. The molecule has 0 aliphatic rings. The number of nitrogens with two attached hydrogens (primary N) is 1. The summed E-state index contributed by atoms with van der Waals surface area (Å²) in [6.07, 6.45) is 4.28. The van der Waals surface area contributed by atoms with Crippen molar-refractivity contribution >= 4 is 16.9 Å². The van der Waals surface area contributed by atoms with Gasteiger partial charge in [-0.3, -0.25) is 0 Å². The van der Waals surface area contributed by atoms with E-state index in [0.717, 1.165) is 54.8 Å². The molecule has 0 atom stereocenters. The van der Waals surface area contributed by atoms with Crippen LogP contribution < -0.4 is 5.73 Å². The van der Waals surface area contributed by atoms with Gasteiger partial charge in [-0.15, -0.1) is 0 Å². The van der Waals surface area contributed by atoms with Gasteiger partial charge in [-0.25, -0.2) is 9.97 Å². The first kappa shape index (κ1) is 16.5. The Balaban J connectivity index is 2.04. The molecule has 2 aromatic heterocycles. The van der Waals surface area contributed by atoms with Crippen LogP contribution in [-0.4, -0.2) is 14.5 Å². The number of hydrogen-bond acceptors (Lipinski definition) is 3. The Kier molecular flexibility index (Phi) is 4.84. The molecule has 24 heavy (non-hydrogen) atoms. The number of aromatic nitrogens is 3. The minimum atomic E-state index is 0.546. The van der Waals surface area contributed by atoms with E-state index < -0.39 is 0 Å². The highest BCUT2D eigenvalue weighted by atomic mass is 15.1. The van der Waals surface area contributed by atoms with Crippen molar-refractivity contribution in [3.8, 4) is 0 Å². The first-order valence-corrected chi connectivity index (χ1v) is 8.77. The number of hydrogen-bond donors (Lipinski definition) is 1. The monoisotopic (exact) mass is 322 g/mol. The first-order chi connectivity index (χ1) is 11.6. The molecule has 0 saturated carbocycles. The van der Waals surface area contributed by atoms with Gasteiger partial charge in [0.15, 0.2) is 5.82 Å². The van der Waals surface area contributed by atoms with E-state index in [2.05, 4.69) is 53.7 Å². The number of pyridine rings is 1. The molecule has 0 fully saturated rings. The van der Waals surface area contributed by atoms with E-state index in [1.165, 1.54) is 11.1 Å². The molecular formula is C20H26N4. The van der Waals surface area contributed by atoms with E-state index >= 15 is 0 Å². The number of imidazole rings is 1. The maximum Gasteiger partial charge on any atom is 0.151 e. The van der Waals surface area contributed by atoms with Crippen molar-refractivity contribution in [3.63, 3.8) is 0 Å². The Morgan fingerprint density at radius 1 is 1.04 bits per heavy atom. The van der Waals surface area contributed by atoms with Crippen LogP contribution in [0.15, 0.2) is 30.3 Å². The summed E-state index contributed by atoms with van der Waals surface area (Å²) in [5.41, 5.74) is 11.7. The minimum absolute atomic E-state index is 0.546. The van der Waals surface area contributed by atoms with Gasteiger partial charge in [0, 0.05) is 18.7 Å². The van der Waals surface area contributed by atoms with E-state index in [-0.39, 0.29) is 0 Å². The lowest BCUT2D eigenvalue weighted by molar-refractivity contribution is 0.643. The number of anilines is 1. The number of unbranched alkanes of at least 4 members (excludes halogenated alkanes) is 1. The molecule has 3 aromatic rings. The van der Waals surface area contributed by atoms with Gasteiger partial charge >= 0.3 is 0 Å². The highest BCUT2D eigenvalue weighted by molar-refractivity contribution is 5.88. The fourth-order valence-corrected chi connectivity index (χ4v) is 3.20. The minimum Gasteiger partial charge on any atom is -0.382 e. The Bertz CT molecular complexity index is 834. The summed E-state index contributed by atoms with van der Waals surface area (Å²) >= 11 is 0. The van der Waals surface area contributed by atoms with Crippen LogP contribution in [0.1, 0.15) is 42.4 Å².